The van der Waals surface area contributed by atoms with Crippen molar-refractivity contribution in [3.8, 4) is 5.75 Å². The average molecular weight is 583 g/mol. The van der Waals surface area contributed by atoms with Gasteiger partial charge in [-0.25, -0.2) is 4.98 Å². The number of aromatic nitrogens is 1. The lowest BCUT2D eigenvalue weighted by molar-refractivity contribution is -0.261. The van der Waals surface area contributed by atoms with Gasteiger partial charge in [0.2, 0.25) is 0 Å². The molecule has 0 bridgehead atoms. The number of halogens is 4. The van der Waals surface area contributed by atoms with Crippen molar-refractivity contribution in [1.29, 1.82) is 0 Å². The SMILES string of the molecule is COc1cccc(C(O)(C(=O)N(C)CCCC2CCN(c3ccc(C(=O)N4CCC4)c(Cl)n3)CC2)C(F)(F)F)c1. The van der Waals surface area contributed by atoms with Crippen LogP contribution in [-0.2, 0) is 10.4 Å². The molecule has 8 nitrogen and oxygen atoms in total. The van der Waals surface area contributed by atoms with E-state index in [1.165, 1.54) is 26.3 Å². The number of amides is 2. The van der Waals surface area contributed by atoms with Crippen molar-refractivity contribution in [2.45, 2.75) is 43.9 Å². The number of benzene rings is 1. The number of methoxy groups -OCH3 is 1. The van der Waals surface area contributed by atoms with Crippen molar-refractivity contribution in [2.75, 3.05) is 51.8 Å². The highest BCUT2D eigenvalue weighted by atomic mass is 35.5. The van der Waals surface area contributed by atoms with Gasteiger partial charge in [-0.1, -0.05) is 23.7 Å². The number of hydrogen-bond donors (Lipinski definition) is 1. The van der Waals surface area contributed by atoms with Crippen LogP contribution in [0.15, 0.2) is 36.4 Å². The molecule has 4 rings (SSSR count). The summed E-state index contributed by atoms with van der Waals surface area (Å²) < 4.78 is 46.9. The topological polar surface area (TPSA) is 86.2 Å². The number of carbonyl (C=O) groups excluding carboxylic acids is 2. The van der Waals surface area contributed by atoms with Gasteiger partial charge in [-0.2, -0.15) is 13.2 Å². The van der Waals surface area contributed by atoms with Gasteiger partial charge in [0.25, 0.3) is 17.4 Å². The lowest BCUT2D eigenvalue weighted by Gasteiger charge is -2.35. The van der Waals surface area contributed by atoms with Crippen LogP contribution in [0, 0.1) is 5.92 Å². The predicted molar refractivity (Wildman–Crippen MR) is 145 cm³/mol. The Morgan fingerprint density at radius 1 is 1.15 bits per heavy atom. The van der Waals surface area contributed by atoms with Gasteiger partial charge < -0.3 is 24.5 Å². The molecule has 2 saturated heterocycles. The minimum absolute atomic E-state index is 0.0745. The lowest BCUT2D eigenvalue weighted by atomic mass is 9.90. The fourth-order valence-corrected chi connectivity index (χ4v) is 5.38. The molecule has 2 aliphatic rings. The molecule has 2 aromatic rings. The molecule has 218 valence electrons. The van der Waals surface area contributed by atoms with Gasteiger partial charge in [-0.05, 0) is 62.3 Å². The van der Waals surface area contributed by atoms with Crippen LogP contribution in [-0.4, -0.2) is 84.8 Å². The second kappa shape index (κ2) is 12.2. The number of carbonyl (C=O) groups is 2. The molecule has 2 aliphatic heterocycles. The molecule has 1 atom stereocenters. The number of likely N-dealkylation sites (tertiary alicyclic amines) is 1. The molecule has 1 aromatic carbocycles. The van der Waals surface area contributed by atoms with Crippen molar-refractivity contribution >= 4 is 29.2 Å². The van der Waals surface area contributed by atoms with Gasteiger partial charge >= 0.3 is 6.18 Å². The van der Waals surface area contributed by atoms with Gasteiger partial charge in [0.1, 0.15) is 16.7 Å². The van der Waals surface area contributed by atoms with E-state index in [0.29, 0.717) is 23.7 Å². The summed E-state index contributed by atoms with van der Waals surface area (Å²) in [7, 11) is 2.57. The van der Waals surface area contributed by atoms with Crippen LogP contribution < -0.4 is 9.64 Å². The number of likely N-dealkylation sites (N-methyl/N-ethyl adjacent to an activating group) is 1. The molecule has 2 amide bonds. The lowest BCUT2D eigenvalue weighted by Crippen LogP contribution is -2.55. The smallest absolute Gasteiger partial charge is 0.430 e. The molecule has 0 saturated carbocycles. The van der Waals surface area contributed by atoms with Gasteiger partial charge in [0.15, 0.2) is 0 Å². The van der Waals surface area contributed by atoms with Crippen LogP contribution in [0.1, 0.15) is 48.0 Å². The van der Waals surface area contributed by atoms with Crippen molar-refractivity contribution in [3.05, 3.63) is 52.7 Å². The first-order valence-electron chi connectivity index (χ1n) is 13.4. The molecule has 0 spiro atoms. The Kier molecular flexibility index (Phi) is 9.14. The molecule has 0 aliphatic carbocycles. The van der Waals surface area contributed by atoms with Crippen LogP contribution in [0.5, 0.6) is 5.75 Å². The summed E-state index contributed by atoms with van der Waals surface area (Å²) in [6.07, 6.45) is -1.29. The highest BCUT2D eigenvalue weighted by Gasteiger charge is 2.61. The van der Waals surface area contributed by atoms with Crippen LogP contribution in [0.25, 0.3) is 0 Å². The molecule has 2 fully saturated rings. The molecule has 1 unspecified atom stereocenters. The Bertz CT molecular complexity index is 1220. The maximum Gasteiger partial charge on any atom is 0.430 e. The summed E-state index contributed by atoms with van der Waals surface area (Å²) in [5.41, 5.74) is -3.86. The number of rotatable bonds is 9. The Labute approximate surface area is 236 Å². The van der Waals surface area contributed by atoms with Crippen molar-refractivity contribution < 1.29 is 32.6 Å². The summed E-state index contributed by atoms with van der Waals surface area (Å²) in [5.74, 6) is -0.382. The first kappa shape index (κ1) is 29.9. The van der Waals surface area contributed by atoms with E-state index in [2.05, 4.69) is 9.88 Å². The summed E-state index contributed by atoms with van der Waals surface area (Å²) in [6, 6.07) is 8.36. The van der Waals surface area contributed by atoms with Crippen LogP contribution in [0.4, 0.5) is 19.0 Å². The van der Waals surface area contributed by atoms with Gasteiger partial charge in [-0.15, -0.1) is 0 Å². The molecular formula is C28H34ClF3N4O4. The zero-order valence-corrected chi connectivity index (χ0v) is 23.3. The Hall–Kier alpha value is -3.05. The van der Waals surface area contributed by atoms with Crippen LogP contribution in [0.2, 0.25) is 5.15 Å². The van der Waals surface area contributed by atoms with E-state index in [1.54, 1.807) is 11.0 Å². The average Bonchev–Trinajstić information content (AvgIpc) is 2.90. The fraction of sp³-hybridized carbons (Fsp3) is 0.536. The minimum atomic E-state index is -5.21. The van der Waals surface area contributed by atoms with Crippen LogP contribution in [0.3, 0.4) is 0 Å². The third-order valence-electron chi connectivity index (χ3n) is 7.81. The zero-order valence-electron chi connectivity index (χ0n) is 22.6. The monoisotopic (exact) mass is 582 g/mol. The van der Waals surface area contributed by atoms with E-state index < -0.39 is 23.2 Å². The second-order valence-electron chi connectivity index (χ2n) is 10.4. The Balaban J connectivity index is 1.29. The standard InChI is InChI=1S/C28H34ClF3N4O4/c1-34(26(38)27(39,28(30,31)32)20-7-3-8-21(18-20)40-2)13-4-6-19-11-16-35(17-12-19)23-10-9-22(24(29)33-23)25(37)36-14-5-15-36/h3,7-10,18-19,39H,4-6,11-17H2,1-2H3. The molecule has 3 heterocycles. The first-order chi connectivity index (χ1) is 19.0. The van der Waals surface area contributed by atoms with E-state index in [-0.39, 0.29) is 23.4 Å². The molecular weight excluding hydrogens is 549 g/mol. The maximum atomic E-state index is 14.0. The molecule has 1 N–H and O–H groups in total. The summed E-state index contributed by atoms with van der Waals surface area (Å²) in [4.78, 5) is 34.6. The maximum absolute atomic E-state index is 14.0. The number of anilines is 1. The van der Waals surface area contributed by atoms with Gasteiger partial charge in [-0.3, -0.25) is 9.59 Å². The largest absolute Gasteiger partial charge is 0.497 e. The third kappa shape index (κ3) is 6.15. The quantitative estimate of drug-likeness (QED) is 0.439. The second-order valence-corrected chi connectivity index (χ2v) is 10.8. The predicted octanol–water partition coefficient (Wildman–Crippen LogP) is 4.49. The Morgan fingerprint density at radius 2 is 1.85 bits per heavy atom. The first-order valence-corrected chi connectivity index (χ1v) is 13.7. The van der Waals surface area contributed by atoms with Crippen molar-refractivity contribution in [2.24, 2.45) is 5.92 Å². The number of hydrogen-bond acceptors (Lipinski definition) is 6. The zero-order chi connectivity index (χ0) is 29.1. The number of alkyl halides is 3. The van der Waals surface area contributed by atoms with E-state index >= 15 is 0 Å². The number of ether oxygens (including phenoxy) is 1. The van der Waals surface area contributed by atoms with Crippen molar-refractivity contribution in [3.63, 3.8) is 0 Å². The molecule has 1 aromatic heterocycles. The molecule has 12 heteroatoms. The summed E-state index contributed by atoms with van der Waals surface area (Å²) >= 11 is 6.32. The van der Waals surface area contributed by atoms with Crippen LogP contribution >= 0.6 is 11.6 Å². The van der Waals surface area contributed by atoms with E-state index in [9.17, 15) is 27.9 Å². The highest BCUT2D eigenvalue weighted by molar-refractivity contribution is 6.32. The molecule has 40 heavy (non-hydrogen) atoms. The highest BCUT2D eigenvalue weighted by Crippen LogP contribution is 2.41. The number of pyridine rings is 1. The summed E-state index contributed by atoms with van der Waals surface area (Å²) in [5, 5.41) is 10.9. The number of nitrogens with zero attached hydrogens (tertiary/aromatic N) is 4. The third-order valence-corrected chi connectivity index (χ3v) is 8.09. The van der Waals surface area contributed by atoms with E-state index in [1.807, 2.05) is 6.07 Å². The number of piperidine rings is 1. The van der Waals surface area contributed by atoms with Crippen molar-refractivity contribution in [1.82, 2.24) is 14.8 Å². The Morgan fingerprint density at radius 3 is 2.42 bits per heavy atom. The molecule has 0 radical (unpaired) electrons. The fourth-order valence-electron chi connectivity index (χ4n) is 5.15. The number of aliphatic hydroxyl groups is 1. The summed E-state index contributed by atoms with van der Waals surface area (Å²) in [6.45, 7) is 3.00. The normalized spacial score (nSPS) is 17.7. The van der Waals surface area contributed by atoms with Gasteiger partial charge in [0.05, 0.1) is 12.7 Å². The minimum Gasteiger partial charge on any atom is -0.497 e. The van der Waals surface area contributed by atoms with Gasteiger partial charge in [0, 0.05) is 45.3 Å². The van der Waals surface area contributed by atoms with E-state index in [4.69, 9.17) is 16.3 Å². The van der Waals surface area contributed by atoms with E-state index in [0.717, 1.165) is 68.9 Å².